The van der Waals surface area contributed by atoms with E-state index in [1.165, 1.54) is 11.1 Å². The third-order valence-electron chi connectivity index (χ3n) is 3.00. The standard InChI is InChI=1S/2C7H7N2.2C5H.2CH4S.2Mo/c2*1-6-2-4-7(9-8)5-3-6;2*1-2-4-5-3-1;2*1-2;;/h2*2-5H,1H3;2*1H;2*2H,1H3;;/q2*-1;2*-5;;;2*+3/p+2. The molecule has 178 valence electrons. The maximum Gasteiger partial charge on any atom is 3.00 e. The maximum absolute atomic E-state index is 8.25. The van der Waals surface area contributed by atoms with Crippen molar-refractivity contribution in [2.75, 3.05) is 12.5 Å². The molecule has 2 radical (unpaired) electrons. The van der Waals surface area contributed by atoms with Crippen LogP contribution >= 0.6 is 0 Å². The average Bonchev–Trinajstić information content (AvgIpc) is 3.63. The fraction of sp³-hybridized carbons (Fsp3) is 0.154. The van der Waals surface area contributed by atoms with Crippen LogP contribution in [0.2, 0.25) is 0 Å². The van der Waals surface area contributed by atoms with Crippen LogP contribution in [-0.2, 0) is 67.4 Å². The van der Waals surface area contributed by atoms with Crippen LogP contribution in [0.25, 0.3) is 11.1 Å². The monoisotopic (exact) mass is 654 g/mol. The summed E-state index contributed by atoms with van der Waals surface area (Å²) in [6.45, 7) is 3.97. The van der Waals surface area contributed by atoms with Gasteiger partial charge in [0.05, 0.1) is 12.5 Å². The number of aryl methyl sites for hydroxylation is 2. The van der Waals surface area contributed by atoms with Gasteiger partial charge in [0.2, 0.25) is 0 Å². The largest absolute Gasteiger partial charge is 3.00 e. The first-order chi connectivity index (χ1) is 15.7. The predicted octanol–water partition coefficient (Wildman–Crippen LogP) is 5.76. The molecule has 4 aromatic carbocycles. The molecule has 4 aromatic rings. The van der Waals surface area contributed by atoms with Gasteiger partial charge in [0.25, 0.3) is 0 Å². The zero-order valence-corrected chi connectivity index (χ0v) is 25.4. The van der Waals surface area contributed by atoms with E-state index in [0.717, 1.165) is 0 Å². The van der Waals surface area contributed by atoms with Crippen molar-refractivity contribution < 1.29 is 42.1 Å². The number of benzene rings is 2. The topological polar surface area (TPSA) is 69.3 Å². The van der Waals surface area contributed by atoms with E-state index in [4.69, 9.17) is 11.1 Å². The van der Waals surface area contributed by atoms with E-state index < -0.39 is 0 Å². The molecule has 0 aliphatic rings. The van der Waals surface area contributed by atoms with Crippen LogP contribution in [0, 0.1) is 62.4 Å². The molecule has 0 bridgehead atoms. The Morgan fingerprint density at radius 1 is 0.559 bits per heavy atom. The zero-order valence-electron chi connectivity index (χ0n) is 19.4. The molecule has 0 N–H and O–H groups in total. The molecule has 0 heterocycles. The van der Waals surface area contributed by atoms with E-state index in [9.17, 15) is 0 Å². The van der Waals surface area contributed by atoms with Gasteiger partial charge in [0.15, 0.2) is 0 Å². The van der Waals surface area contributed by atoms with Crippen molar-refractivity contribution >= 4 is 36.6 Å². The van der Waals surface area contributed by atoms with Gasteiger partial charge in [-0.15, -0.1) is 0 Å². The van der Waals surface area contributed by atoms with Crippen LogP contribution in [0.3, 0.4) is 0 Å². The summed E-state index contributed by atoms with van der Waals surface area (Å²) in [7, 11) is 0. The second-order valence-electron chi connectivity index (χ2n) is 5.24. The number of hydrogen-bond acceptors (Lipinski definition) is 2. The number of nitrogens with zero attached hydrogens (tertiary/aromatic N) is 4. The van der Waals surface area contributed by atoms with Crippen molar-refractivity contribution in [3.8, 4) is 0 Å². The molecule has 8 heteroatoms. The van der Waals surface area contributed by atoms with Gasteiger partial charge in [0.1, 0.15) is 0 Å². The van der Waals surface area contributed by atoms with Crippen LogP contribution in [0.4, 0.5) is 11.4 Å². The minimum atomic E-state index is 0. The molecule has 0 aromatic heterocycles. The molecular formula is C26H26Mo2N4S2-4. The summed E-state index contributed by atoms with van der Waals surface area (Å²) in [5.41, 5.74) is 20.0. The molecular weight excluding hydrogens is 624 g/mol. The van der Waals surface area contributed by atoms with Crippen LogP contribution < -0.4 is 0 Å². The molecule has 4 rings (SSSR count). The van der Waals surface area contributed by atoms with Gasteiger partial charge in [-0.3, -0.25) is 0 Å². The summed E-state index contributed by atoms with van der Waals surface area (Å²) >= 11 is 5.94. The predicted molar refractivity (Wildman–Crippen MR) is 140 cm³/mol. The number of rotatable bonds is 2. The average molecular weight is 651 g/mol. The zero-order chi connectivity index (χ0) is 24.5. The molecule has 0 aliphatic carbocycles. The molecule has 4 nitrogen and oxygen atoms in total. The van der Waals surface area contributed by atoms with Gasteiger partial charge in [-0.2, -0.15) is 0 Å². The van der Waals surface area contributed by atoms with Crippen molar-refractivity contribution in [2.24, 2.45) is 10.2 Å². The molecule has 34 heavy (non-hydrogen) atoms. The van der Waals surface area contributed by atoms with E-state index in [2.05, 4.69) is 84.0 Å². The van der Waals surface area contributed by atoms with E-state index >= 15 is 0 Å². The van der Waals surface area contributed by atoms with Crippen LogP contribution in [0.5, 0.6) is 0 Å². The second-order valence-corrected chi connectivity index (χ2v) is 5.24. The fourth-order valence-corrected chi connectivity index (χ4v) is 1.58. The Morgan fingerprint density at radius 3 is 0.941 bits per heavy atom. The van der Waals surface area contributed by atoms with E-state index in [1.54, 1.807) is 48.9 Å². The Bertz CT molecular complexity index is 756. The Labute approximate surface area is 245 Å². The minimum Gasteiger partial charge on any atom is -0.999 e. The van der Waals surface area contributed by atoms with Gasteiger partial charge in [0, 0.05) is 11.4 Å². The van der Waals surface area contributed by atoms with E-state index in [-0.39, 0.29) is 42.1 Å². The molecule has 0 saturated heterocycles. The molecule has 0 aliphatic heterocycles. The minimum absolute atomic E-state index is 0. The van der Waals surface area contributed by atoms with E-state index in [1.807, 2.05) is 38.1 Å². The van der Waals surface area contributed by atoms with Gasteiger partial charge < -0.3 is 82.0 Å². The van der Waals surface area contributed by atoms with Gasteiger partial charge >= 0.3 is 42.1 Å². The quantitative estimate of drug-likeness (QED) is 0.115. The third-order valence-corrected chi connectivity index (χ3v) is 3.00. The molecule has 0 fully saturated rings. The Morgan fingerprint density at radius 2 is 0.794 bits per heavy atom. The molecule has 0 saturated carbocycles. The van der Waals surface area contributed by atoms with Crippen LogP contribution in [0.15, 0.2) is 70.9 Å². The van der Waals surface area contributed by atoms with Crippen LogP contribution in [0.1, 0.15) is 11.1 Å². The Hall–Kier alpha value is -1.58. The maximum atomic E-state index is 8.25. The van der Waals surface area contributed by atoms with Crippen molar-refractivity contribution in [2.45, 2.75) is 13.8 Å². The summed E-state index contributed by atoms with van der Waals surface area (Å²) < 4.78 is 0. The summed E-state index contributed by atoms with van der Waals surface area (Å²) in [6.07, 6.45) is 3.61. The van der Waals surface area contributed by atoms with Gasteiger partial charge in [-0.25, -0.2) is 0 Å². The van der Waals surface area contributed by atoms with Crippen molar-refractivity contribution in [3.63, 3.8) is 0 Å². The van der Waals surface area contributed by atoms with Crippen molar-refractivity contribution in [1.82, 2.24) is 0 Å². The smallest absolute Gasteiger partial charge is 0.999 e. The van der Waals surface area contributed by atoms with Crippen molar-refractivity contribution in [3.05, 3.63) is 131 Å². The van der Waals surface area contributed by atoms with E-state index in [0.29, 0.717) is 11.4 Å². The summed E-state index contributed by atoms with van der Waals surface area (Å²) in [4.78, 5) is 0. The third kappa shape index (κ3) is 25.0. The Kier molecular flexibility index (Phi) is 36.6. The molecule has 0 spiro atoms. The molecule has 0 unspecified atom stereocenters. The molecule has 0 amide bonds. The fourth-order valence-electron chi connectivity index (χ4n) is 1.58. The summed E-state index contributed by atoms with van der Waals surface area (Å²) in [5.74, 6) is 0. The van der Waals surface area contributed by atoms with Crippen LogP contribution in [-0.4, -0.2) is 12.5 Å². The first-order valence-electron chi connectivity index (χ1n) is 9.14. The first kappa shape index (κ1) is 39.6. The second kappa shape index (κ2) is 31.4. The summed E-state index contributed by atoms with van der Waals surface area (Å²) in [5, 5.41) is 6.02. The first-order valence-corrected chi connectivity index (χ1v) is 11.1. The Balaban J connectivity index is -0.000000169. The molecule has 0 atom stereocenters. The summed E-state index contributed by atoms with van der Waals surface area (Å²) in [6, 6.07) is 38.6. The normalized spacial score (nSPS) is 7.47. The van der Waals surface area contributed by atoms with Gasteiger partial charge in [-0.1, -0.05) is 35.4 Å². The SMILES string of the molecule is C[SH2+].C[SH2+].Cc1ccc(N=[N-])cc1.Cc1ccc(N=[N-])cc1.[Mo+3].[Mo+3].[c-]1[c-][c-][cH-][c-]1.[c-]1[c-][c-][cH-][c-]1. The number of hydrogen-bond donors (Lipinski definition) is 0. The van der Waals surface area contributed by atoms with Gasteiger partial charge in [-0.05, 0) is 63.4 Å². The van der Waals surface area contributed by atoms with Crippen molar-refractivity contribution in [1.29, 1.82) is 0 Å².